The van der Waals surface area contributed by atoms with Crippen molar-refractivity contribution in [2.45, 2.75) is 32.6 Å². The van der Waals surface area contributed by atoms with E-state index in [0.717, 1.165) is 31.2 Å². The summed E-state index contributed by atoms with van der Waals surface area (Å²) >= 11 is 0. The van der Waals surface area contributed by atoms with Crippen LogP contribution in [0.2, 0.25) is 0 Å². The molecule has 1 saturated heterocycles. The fraction of sp³-hybridized carbons (Fsp3) is 0.409. The molecule has 0 radical (unpaired) electrons. The molecule has 1 aromatic carbocycles. The Balaban J connectivity index is 1.69. The molecule has 1 aromatic heterocycles. The van der Waals surface area contributed by atoms with Crippen LogP contribution in [0.3, 0.4) is 0 Å². The highest BCUT2D eigenvalue weighted by Crippen LogP contribution is 2.15. The van der Waals surface area contributed by atoms with Gasteiger partial charge in [-0.15, -0.1) is 0 Å². The predicted octanol–water partition coefficient (Wildman–Crippen LogP) is 2.73. The number of anilines is 1. The second-order valence-corrected chi connectivity index (χ2v) is 7.41. The van der Waals surface area contributed by atoms with Gasteiger partial charge in [0, 0.05) is 26.3 Å². The summed E-state index contributed by atoms with van der Waals surface area (Å²) in [4.78, 5) is 39.4. The van der Waals surface area contributed by atoms with Crippen molar-refractivity contribution >= 4 is 17.5 Å². The first-order valence-electron chi connectivity index (χ1n) is 9.93. The molecule has 154 valence electrons. The Labute approximate surface area is 170 Å². The number of ether oxygens (including phenoxy) is 1. The molecule has 2 heterocycles. The number of benzene rings is 1. The lowest BCUT2D eigenvalue weighted by atomic mass is 10.2. The molecule has 7 heteroatoms. The number of amides is 2. The zero-order chi connectivity index (χ0) is 20.8. The number of carbonyl (C=O) groups is 2. The van der Waals surface area contributed by atoms with Crippen molar-refractivity contribution in [1.29, 1.82) is 0 Å². The van der Waals surface area contributed by atoms with Crippen molar-refractivity contribution in [1.82, 2.24) is 9.47 Å². The summed E-state index contributed by atoms with van der Waals surface area (Å²) in [6, 6.07) is 8.80. The zero-order valence-electron chi connectivity index (χ0n) is 16.9. The van der Waals surface area contributed by atoms with Gasteiger partial charge in [0.25, 0.3) is 17.4 Å². The van der Waals surface area contributed by atoms with Gasteiger partial charge in [0.1, 0.15) is 11.4 Å². The van der Waals surface area contributed by atoms with E-state index >= 15 is 0 Å². The van der Waals surface area contributed by atoms with E-state index in [1.54, 1.807) is 19.2 Å². The number of hydrogen-bond donors (Lipinski definition) is 1. The van der Waals surface area contributed by atoms with Crippen LogP contribution >= 0.6 is 0 Å². The van der Waals surface area contributed by atoms with Crippen LogP contribution in [0.1, 0.15) is 41.6 Å². The maximum Gasteiger partial charge on any atom is 0.274 e. The first-order valence-corrected chi connectivity index (χ1v) is 9.93. The Morgan fingerprint density at radius 1 is 1.07 bits per heavy atom. The number of pyridine rings is 1. The SMILES string of the molecule is Cc1ccc(OCC(=O)Nc2cc(C(=O)N3CCCCCC3)cn(C)c2=O)cc1. The van der Waals surface area contributed by atoms with Crippen LogP contribution in [-0.4, -0.2) is 41.0 Å². The highest BCUT2D eigenvalue weighted by atomic mass is 16.5. The molecule has 7 nitrogen and oxygen atoms in total. The zero-order valence-corrected chi connectivity index (χ0v) is 16.9. The molecule has 29 heavy (non-hydrogen) atoms. The van der Waals surface area contributed by atoms with Crippen molar-refractivity contribution in [3.8, 4) is 5.75 Å². The summed E-state index contributed by atoms with van der Waals surface area (Å²) in [5.74, 6) is -0.000282. The fourth-order valence-electron chi connectivity index (χ4n) is 3.34. The minimum Gasteiger partial charge on any atom is -0.484 e. The number of nitrogens with zero attached hydrogens (tertiary/aromatic N) is 2. The van der Waals surface area contributed by atoms with Crippen molar-refractivity contribution in [3.05, 3.63) is 58.0 Å². The first kappa shape index (κ1) is 20.6. The van der Waals surface area contributed by atoms with Crippen molar-refractivity contribution in [3.63, 3.8) is 0 Å². The van der Waals surface area contributed by atoms with E-state index in [-0.39, 0.29) is 23.8 Å². The predicted molar refractivity (Wildman–Crippen MR) is 111 cm³/mol. The van der Waals surface area contributed by atoms with E-state index < -0.39 is 5.91 Å². The van der Waals surface area contributed by atoms with Gasteiger partial charge in [0.2, 0.25) is 0 Å². The van der Waals surface area contributed by atoms with Crippen LogP contribution in [0.15, 0.2) is 41.3 Å². The third kappa shape index (κ3) is 5.47. The average molecular weight is 397 g/mol. The van der Waals surface area contributed by atoms with Crippen LogP contribution in [0.4, 0.5) is 5.69 Å². The molecule has 3 rings (SSSR count). The van der Waals surface area contributed by atoms with Gasteiger partial charge >= 0.3 is 0 Å². The average Bonchev–Trinajstić information content (AvgIpc) is 3.00. The minimum absolute atomic E-state index is 0.0747. The van der Waals surface area contributed by atoms with Crippen LogP contribution in [0, 0.1) is 6.92 Å². The number of nitrogens with one attached hydrogen (secondary N) is 1. The van der Waals surface area contributed by atoms with Crippen molar-refractivity contribution in [2.24, 2.45) is 7.05 Å². The summed E-state index contributed by atoms with van der Waals surface area (Å²) in [5.41, 5.74) is 1.19. The third-order valence-electron chi connectivity index (χ3n) is 4.99. The second kappa shape index (κ2) is 9.41. The summed E-state index contributed by atoms with van der Waals surface area (Å²) in [7, 11) is 1.57. The van der Waals surface area contributed by atoms with Gasteiger partial charge in [-0.1, -0.05) is 30.5 Å². The van der Waals surface area contributed by atoms with Gasteiger partial charge < -0.3 is 19.5 Å². The van der Waals surface area contributed by atoms with Gasteiger partial charge in [-0.05, 0) is 38.0 Å². The molecule has 0 unspecified atom stereocenters. The number of likely N-dealkylation sites (tertiary alicyclic amines) is 1. The van der Waals surface area contributed by atoms with Gasteiger partial charge in [0.05, 0.1) is 5.56 Å². The topological polar surface area (TPSA) is 80.6 Å². The van der Waals surface area contributed by atoms with Crippen LogP contribution in [-0.2, 0) is 11.8 Å². The molecule has 0 bridgehead atoms. The lowest BCUT2D eigenvalue weighted by Crippen LogP contribution is -2.34. The summed E-state index contributed by atoms with van der Waals surface area (Å²) in [6.07, 6.45) is 5.74. The molecule has 0 spiro atoms. The largest absolute Gasteiger partial charge is 0.484 e. The molecule has 1 fully saturated rings. The minimum atomic E-state index is -0.456. The summed E-state index contributed by atoms with van der Waals surface area (Å²) in [5, 5.41) is 2.58. The number of carbonyl (C=O) groups excluding carboxylic acids is 2. The summed E-state index contributed by atoms with van der Waals surface area (Å²) in [6.45, 7) is 3.17. The van der Waals surface area contributed by atoms with E-state index in [9.17, 15) is 14.4 Å². The van der Waals surface area contributed by atoms with E-state index in [4.69, 9.17) is 4.74 Å². The monoisotopic (exact) mass is 397 g/mol. The first-order chi connectivity index (χ1) is 13.9. The van der Waals surface area contributed by atoms with Crippen LogP contribution < -0.4 is 15.6 Å². The number of hydrogen-bond acceptors (Lipinski definition) is 4. The number of rotatable bonds is 5. The smallest absolute Gasteiger partial charge is 0.274 e. The number of aromatic nitrogens is 1. The van der Waals surface area contributed by atoms with Crippen LogP contribution in [0.25, 0.3) is 0 Å². The molecular formula is C22H27N3O4. The molecule has 2 amide bonds. The quantitative estimate of drug-likeness (QED) is 0.841. The maximum absolute atomic E-state index is 12.9. The third-order valence-corrected chi connectivity index (χ3v) is 4.99. The van der Waals surface area contributed by atoms with E-state index in [1.165, 1.54) is 16.8 Å². The van der Waals surface area contributed by atoms with Crippen LogP contribution in [0.5, 0.6) is 5.75 Å². The standard InChI is InChI=1S/C22H27N3O4/c1-16-7-9-18(10-8-16)29-15-20(26)23-19-13-17(14-24(2)22(19)28)21(27)25-11-5-3-4-6-12-25/h7-10,13-14H,3-6,11-12,15H2,1-2H3,(H,23,26). The molecule has 1 aliphatic heterocycles. The fourth-order valence-corrected chi connectivity index (χ4v) is 3.34. The molecule has 1 aliphatic rings. The molecule has 0 aliphatic carbocycles. The summed E-state index contributed by atoms with van der Waals surface area (Å²) < 4.78 is 6.78. The normalized spacial score (nSPS) is 14.2. The maximum atomic E-state index is 12.9. The lowest BCUT2D eigenvalue weighted by Gasteiger charge is -2.21. The van der Waals surface area contributed by atoms with Crippen molar-refractivity contribution in [2.75, 3.05) is 25.0 Å². The Hall–Kier alpha value is -3.09. The Bertz CT molecular complexity index is 926. The Morgan fingerprint density at radius 2 is 1.72 bits per heavy atom. The molecule has 0 saturated carbocycles. The van der Waals surface area contributed by atoms with E-state index in [1.807, 2.05) is 24.0 Å². The molecule has 2 aromatic rings. The van der Waals surface area contributed by atoms with E-state index in [0.29, 0.717) is 24.4 Å². The van der Waals surface area contributed by atoms with Crippen molar-refractivity contribution < 1.29 is 14.3 Å². The van der Waals surface area contributed by atoms with Gasteiger partial charge in [0.15, 0.2) is 6.61 Å². The Kier molecular flexibility index (Phi) is 6.69. The van der Waals surface area contributed by atoms with Gasteiger partial charge in [-0.2, -0.15) is 0 Å². The highest BCUT2D eigenvalue weighted by molar-refractivity contribution is 5.97. The lowest BCUT2D eigenvalue weighted by molar-refractivity contribution is -0.118. The second-order valence-electron chi connectivity index (χ2n) is 7.41. The highest BCUT2D eigenvalue weighted by Gasteiger charge is 2.20. The number of aryl methyl sites for hydroxylation is 2. The molecule has 1 N–H and O–H groups in total. The Morgan fingerprint density at radius 3 is 2.38 bits per heavy atom. The van der Waals surface area contributed by atoms with E-state index in [2.05, 4.69) is 5.32 Å². The van der Waals surface area contributed by atoms with Gasteiger partial charge in [-0.25, -0.2) is 0 Å². The van der Waals surface area contributed by atoms with Gasteiger partial charge in [-0.3, -0.25) is 14.4 Å². The molecule has 0 atom stereocenters. The molecular weight excluding hydrogens is 370 g/mol.